The number of hydrogen-bond donors (Lipinski definition) is 1. The van der Waals surface area contributed by atoms with Crippen LogP contribution in [0.3, 0.4) is 0 Å². The highest BCUT2D eigenvalue weighted by atomic mass is 32.2. The molecule has 0 spiro atoms. The van der Waals surface area contributed by atoms with Gasteiger partial charge in [-0.2, -0.15) is 11.3 Å². The van der Waals surface area contributed by atoms with Gasteiger partial charge >= 0.3 is 0 Å². The van der Waals surface area contributed by atoms with E-state index in [0.29, 0.717) is 6.04 Å². The first-order chi connectivity index (χ1) is 8.78. The van der Waals surface area contributed by atoms with Gasteiger partial charge in [-0.05, 0) is 54.1 Å². The van der Waals surface area contributed by atoms with E-state index in [0.717, 1.165) is 17.1 Å². The second-order valence-electron chi connectivity index (χ2n) is 4.09. The second-order valence-corrected chi connectivity index (χ2v) is 5.96. The van der Waals surface area contributed by atoms with E-state index < -0.39 is 0 Å². The summed E-state index contributed by atoms with van der Waals surface area (Å²) in [5.74, 6) is 0.773. The third-order valence-electron chi connectivity index (χ3n) is 2.72. The van der Waals surface area contributed by atoms with Gasteiger partial charge in [0, 0.05) is 16.7 Å². The van der Waals surface area contributed by atoms with Crippen molar-refractivity contribution >= 4 is 23.1 Å². The van der Waals surface area contributed by atoms with Crippen LogP contribution in [0.25, 0.3) is 0 Å². The molecule has 1 nitrogen and oxygen atoms in total. The SMILES string of the molecule is CNC(CSc1cccc(F)c1)Cc1ccsc1. The minimum absolute atomic E-state index is 0.168. The molecule has 1 aromatic heterocycles. The molecule has 0 aliphatic rings. The molecule has 0 radical (unpaired) electrons. The molecule has 1 aromatic carbocycles. The first kappa shape index (κ1) is 13.6. The zero-order valence-electron chi connectivity index (χ0n) is 10.2. The third kappa shape index (κ3) is 4.12. The number of likely N-dealkylation sites (N-methyl/N-ethyl adjacent to an activating group) is 1. The minimum Gasteiger partial charge on any atom is -0.316 e. The molecule has 0 aliphatic carbocycles. The second kappa shape index (κ2) is 6.92. The van der Waals surface area contributed by atoms with Gasteiger partial charge in [0.2, 0.25) is 0 Å². The fraction of sp³-hybridized carbons (Fsp3) is 0.286. The summed E-state index contributed by atoms with van der Waals surface area (Å²) in [6.45, 7) is 0. The van der Waals surface area contributed by atoms with Crippen molar-refractivity contribution in [3.05, 3.63) is 52.5 Å². The van der Waals surface area contributed by atoms with Crippen molar-refractivity contribution in [3.8, 4) is 0 Å². The summed E-state index contributed by atoms with van der Waals surface area (Å²) in [6.07, 6.45) is 1.02. The molecule has 0 aliphatic heterocycles. The topological polar surface area (TPSA) is 12.0 Å². The highest BCUT2D eigenvalue weighted by Crippen LogP contribution is 2.20. The number of halogens is 1. The van der Waals surface area contributed by atoms with Crippen LogP contribution in [0, 0.1) is 5.82 Å². The Morgan fingerprint density at radius 3 is 2.94 bits per heavy atom. The molecule has 0 bridgehead atoms. The molecule has 1 N–H and O–H groups in total. The van der Waals surface area contributed by atoms with E-state index in [9.17, 15) is 4.39 Å². The quantitative estimate of drug-likeness (QED) is 0.808. The predicted octanol–water partition coefficient (Wildman–Crippen LogP) is 3.81. The summed E-state index contributed by atoms with van der Waals surface area (Å²) in [6, 6.07) is 9.33. The largest absolute Gasteiger partial charge is 0.316 e. The van der Waals surface area contributed by atoms with Gasteiger partial charge in [0.15, 0.2) is 0 Å². The number of nitrogens with one attached hydrogen (secondary N) is 1. The highest BCUT2D eigenvalue weighted by Gasteiger charge is 2.08. The Bertz CT molecular complexity index is 470. The smallest absolute Gasteiger partial charge is 0.124 e. The van der Waals surface area contributed by atoms with Crippen molar-refractivity contribution in [2.24, 2.45) is 0 Å². The number of thioether (sulfide) groups is 1. The van der Waals surface area contributed by atoms with Gasteiger partial charge in [0.25, 0.3) is 0 Å². The molecule has 0 amide bonds. The first-order valence-electron chi connectivity index (χ1n) is 5.84. The molecule has 0 saturated carbocycles. The Balaban J connectivity index is 1.87. The van der Waals surface area contributed by atoms with Gasteiger partial charge in [-0.3, -0.25) is 0 Å². The molecule has 0 saturated heterocycles. The third-order valence-corrected chi connectivity index (χ3v) is 4.61. The molecular weight excluding hydrogens is 265 g/mol. The number of hydrogen-bond acceptors (Lipinski definition) is 3. The molecule has 4 heteroatoms. The van der Waals surface area contributed by atoms with E-state index >= 15 is 0 Å². The summed E-state index contributed by atoms with van der Waals surface area (Å²) >= 11 is 3.41. The number of thiophene rings is 1. The van der Waals surface area contributed by atoms with E-state index in [2.05, 4.69) is 22.1 Å². The van der Waals surface area contributed by atoms with Crippen LogP contribution in [-0.2, 0) is 6.42 Å². The number of rotatable bonds is 6. The predicted molar refractivity (Wildman–Crippen MR) is 78.0 cm³/mol. The monoisotopic (exact) mass is 281 g/mol. The van der Waals surface area contributed by atoms with Gasteiger partial charge in [-0.25, -0.2) is 4.39 Å². The average Bonchev–Trinajstić information content (AvgIpc) is 2.87. The van der Waals surface area contributed by atoms with Crippen molar-refractivity contribution in [3.63, 3.8) is 0 Å². The Labute approximate surface area is 115 Å². The van der Waals surface area contributed by atoms with Gasteiger partial charge < -0.3 is 5.32 Å². The van der Waals surface area contributed by atoms with E-state index in [1.165, 1.54) is 11.6 Å². The Morgan fingerprint density at radius 1 is 1.39 bits per heavy atom. The molecule has 18 heavy (non-hydrogen) atoms. The Hall–Kier alpha value is -0.840. The van der Waals surface area contributed by atoms with Crippen molar-refractivity contribution in [2.45, 2.75) is 17.4 Å². The average molecular weight is 281 g/mol. The molecule has 0 fully saturated rings. The van der Waals surface area contributed by atoms with Crippen LogP contribution >= 0.6 is 23.1 Å². The summed E-state index contributed by atoms with van der Waals surface area (Å²) < 4.78 is 13.1. The fourth-order valence-electron chi connectivity index (χ4n) is 1.69. The van der Waals surface area contributed by atoms with Crippen LogP contribution in [0.4, 0.5) is 4.39 Å². The van der Waals surface area contributed by atoms with E-state index in [-0.39, 0.29) is 5.82 Å². The standard InChI is InChI=1S/C14H16FNS2/c1-16-13(7-11-5-6-17-9-11)10-18-14-4-2-3-12(15)8-14/h2-6,8-9,13,16H,7,10H2,1H3. The minimum atomic E-state index is -0.168. The summed E-state index contributed by atoms with van der Waals surface area (Å²) in [5, 5.41) is 7.59. The molecule has 96 valence electrons. The van der Waals surface area contributed by atoms with Gasteiger partial charge in [0.1, 0.15) is 5.82 Å². The molecule has 1 atom stereocenters. The van der Waals surface area contributed by atoms with Crippen LogP contribution in [0.1, 0.15) is 5.56 Å². The highest BCUT2D eigenvalue weighted by molar-refractivity contribution is 7.99. The van der Waals surface area contributed by atoms with Crippen LogP contribution in [-0.4, -0.2) is 18.8 Å². The number of benzene rings is 1. The summed E-state index contributed by atoms with van der Waals surface area (Å²) in [7, 11) is 1.98. The maximum atomic E-state index is 13.1. The lowest BCUT2D eigenvalue weighted by molar-refractivity contribution is 0.616. The lowest BCUT2D eigenvalue weighted by atomic mass is 10.1. The van der Waals surface area contributed by atoms with Crippen molar-refractivity contribution in [1.29, 1.82) is 0 Å². The molecule has 1 unspecified atom stereocenters. The fourth-order valence-corrected chi connectivity index (χ4v) is 3.42. The molecule has 2 rings (SSSR count). The van der Waals surface area contributed by atoms with Crippen molar-refractivity contribution in [1.82, 2.24) is 5.32 Å². The van der Waals surface area contributed by atoms with Gasteiger partial charge in [-0.1, -0.05) is 6.07 Å². The zero-order valence-corrected chi connectivity index (χ0v) is 11.9. The molecule has 1 heterocycles. The van der Waals surface area contributed by atoms with Crippen molar-refractivity contribution in [2.75, 3.05) is 12.8 Å². The van der Waals surface area contributed by atoms with E-state index in [1.807, 2.05) is 13.1 Å². The molecule has 2 aromatic rings. The van der Waals surface area contributed by atoms with E-state index in [4.69, 9.17) is 0 Å². The summed E-state index contributed by atoms with van der Waals surface area (Å²) in [5.41, 5.74) is 1.36. The summed E-state index contributed by atoms with van der Waals surface area (Å²) in [4.78, 5) is 0.987. The first-order valence-corrected chi connectivity index (χ1v) is 7.77. The maximum absolute atomic E-state index is 13.1. The molecular formula is C14H16FNS2. The van der Waals surface area contributed by atoms with Crippen LogP contribution in [0.15, 0.2) is 46.0 Å². The van der Waals surface area contributed by atoms with Crippen LogP contribution in [0.2, 0.25) is 0 Å². The van der Waals surface area contributed by atoms with Crippen LogP contribution in [0.5, 0.6) is 0 Å². The zero-order chi connectivity index (χ0) is 12.8. The lowest BCUT2D eigenvalue weighted by Crippen LogP contribution is -2.29. The Kier molecular flexibility index (Phi) is 5.23. The van der Waals surface area contributed by atoms with Crippen molar-refractivity contribution < 1.29 is 4.39 Å². The van der Waals surface area contributed by atoms with E-state index in [1.54, 1.807) is 35.2 Å². The van der Waals surface area contributed by atoms with Gasteiger partial charge in [-0.15, -0.1) is 11.8 Å². The Morgan fingerprint density at radius 2 is 2.28 bits per heavy atom. The van der Waals surface area contributed by atoms with Gasteiger partial charge in [0.05, 0.1) is 0 Å². The van der Waals surface area contributed by atoms with Crippen LogP contribution < -0.4 is 5.32 Å². The normalized spacial score (nSPS) is 12.6. The lowest BCUT2D eigenvalue weighted by Gasteiger charge is -2.15. The maximum Gasteiger partial charge on any atom is 0.124 e.